The molecule has 0 atom stereocenters. The van der Waals surface area contributed by atoms with E-state index in [4.69, 9.17) is 4.42 Å². The van der Waals surface area contributed by atoms with Gasteiger partial charge in [-0.05, 0) is 71.1 Å². The van der Waals surface area contributed by atoms with E-state index in [1.54, 1.807) is 0 Å². The van der Waals surface area contributed by atoms with Crippen molar-refractivity contribution >= 4 is 49.8 Å². The molecule has 204 valence electrons. The highest BCUT2D eigenvalue weighted by Gasteiger charge is 2.21. The van der Waals surface area contributed by atoms with Crippen molar-refractivity contribution in [3.8, 4) is 22.3 Å². The molecule has 0 saturated heterocycles. The van der Waals surface area contributed by atoms with Gasteiger partial charge in [-0.15, -0.1) is 0 Å². The van der Waals surface area contributed by atoms with Gasteiger partial charge >= 0.3 is 0 Å². The summed E-state index contributed by atoms with van der Waals surface area (Å²) in [5, 5.41) is 4.54. The van der Waals surface area contributed by atoms with Crippen molar-refractivity contribution < 1.29 is 4.42 Å². The van der Waals surface area contributed by atoms with Gasteiger partial charge in [-0.3, -0.25) is 0 Å². The number of rotatable bonds is 5. The molecule has 0 amide bonds. The predicted octanol–water partition coefficient (Wildman–Crippen LogP) is 11.9. The number of furan rings is 1. The van der Waals surface area contributed by atoms with Gasteiger partial charge in [-0.1, -0.05) is 121 Å². The molecule has 2 heteroatoms. The van der Waals surface area contributed by atoms with Crippen LogP contribution in [0.2, 0.25) is 0 Å². The van der Waals surface area contributed by atoms with Crippen LogP contribution in [0.25, 0.3) is 55.0 Å². The van der Waals surface area contributed by atoms with Crippen molar-refractivity contribution in [1.29, 1.82) is 0 Å². The van der Waals surface area contributed by atoms with Crippen molar-refractivity contribution in [3.05, 3.63) is 163 Å². The monoisotopic (exact) mass is 551 g/mol. The lowest BCUT2D eigenvalue weighted by molar-refractivity contribution is 0.672. The molecule has 0 radical (unpaired) electrons. The molecule has 43 heavy (non-hydrogen) atoms. The Morgan fingerprint density at radius 3 is 1.60 bits per heavy atom. The Kier molecular flexibility index (Phi) is 6.05. The number of hydrogen-bond acceptors (Lipinski definition) is 2. The highest BCUT2D eigenvalue weighted by atomic mass is 16.3. The second-order valence-electron chi connectivity index (χ2n) is 11.0. The number of anilines is 3. The van der Waals surface area contributed by atoms with Crippen molar-refractivity contribution in [3.63, 3.8) is 0 Å². The van der Waals surface area contributed by atoms with E-state index in [0.29, 0.717) is 0 Å². The minimum Gasteiger partial charge on any atom is -0.455 e. The maximum atomic E-state index is 6.53. The van der Waals surface area contributed by atoms with Gasteiger partial charge in [0.05, 0.1) is 5.69 Å². The SMILES string of the molecule is Cc1cccc2oc3c4ccccc4c(N(c4cccc(-c5ccccc5)c4)c4cccc(-c5ccccc5)c4)cc3c12. The van der Waals surface area contributed by atoms with Gasteiger partial charge in [0.15, 0.2) is 0 Å². The molecular weight excluding hydrogens is 522 g/mol. The third-order valence-corrected chi connectivity index (χ3v) is 8.35. The van der Waals surface area contributed by atoms with Crippen LogP contribution >= 0.6 is 0 Å². The first kappa shape index (κ1) is 25.1. The number of hydrogen-bond donors (Lipinski definition) is 0. The Morgan fingerprint density at radius 2 is 0.977 bits per heavy atom. The smallest absolute Gasteiger partial charge is 0.143 e. The normalized spacial score (nSPS) is 11.4. The lowest BCUT2D eigenvalue weighted by Crippen LogP contribution is -2.11. The molecule has 0 aliphatic heterocycles. The Morgan fingerprint density at radius 1 is 0.442 bits per heavy atom. The van der Waals surface area contributed by atoms with Crippen molar-refractivity contribution in [2.75, 3.05) is 4.90 Å². The van der Waals surface area contributed by atoms with Crippen LogP contribution in [0.4, 0.5) is 17.1 Å². The van der Waals surface area contributed by atoms with E-state index in [-0.39, 0.29) is 0 Å². The molecule has 0 aliphatic rings. The zero-order valence-electron chi connectivity index (χ0n) is 23.9. The number of fused-ring (bicyclic) bond motifs is 5. The molecule has 0 N–H and O–H groups in total. The standard InChI is InChI=1S/C41H29NO/c1-28-13-10-24-39-40(28)37-27-38(35-22-8-9-23-36(35)41(37)43-39)42(33-20-11-18-31(25-33)29-14-4-2-5-15-29)34-21-12-19-32(26-34)30-16-6-3-7-17-30/h2-27H,1H3. The predicted molar refractivity (Wildman–Crippen MR) is 182 cm³/mol. The molecule has 1 aromatic heterocycles. The van der Waals surface area contributed by atoms with Crippen LogP contribution in [-0.4, -0.2) is 0 Å². The van der Waals surface area contributed by atoms with Gasteiger partial charge in [0, 0.05) is 32.9 Å². The second-order valence-corrected chi connectivity index (χ2v) is 11.0. The first-order valence-corrected chi connectivity index (χ1v) is 14.7. The van der Waals surface area contributed by atoms with Gasteiger partial charge in [0.1, 0.15) is 11.2 Å². The zero-order chi connectivity index (χ0) is 28.8. The summed E-state index contributed by atoms with van der Waals surface area (Å²) in [7, 11) is 0. The summed E-state index contributed by atoms with van der Waals surface area (Å²) >= 11 is 0. The van der Waals surface area contributed by atoms with E-state index in [1.165, 1.54) is 33.2 Å². The maximum Gasteiger partial charge on any atom is 0.143 e. The molecular formula is C41H29NO. The fourth-order valence-corrected chi connectivity index (χ4v) is 6.33. The van der Waals surface area contributed by atoms with E-state index < -0.39 is 0 Å². The van der Waals surface area contributed by atoms with Gasteiger partial charge in [-0.25, -0.2) is 0 Å². The summed E-state index contributed by atoms with van der Waals surface area (Å²) < 4.78 is 6.53. The molecule has 0 bridgehead atoms. The molecule has 0 aliphatic carbocycles. The Balaban J connectivity index is 1.44. The summed E-state index contributed by atoms with van der Waals surface area (Å²) in [5.74, 6) is 0. The van der Waals surface area contributed by atoms with Gasteiger partial charge in [-0.2, -0.15) is 0 Å². The van der Waals surface area contributed by atoms with Crippen molar-refractivity contribution in [2.24, 2.45) is 0 Å². The first-order chi connectivity index (χ1) is 21.2. The van der Waals surface area contributed by atoms with Crippen LogP contribution < -0.4 is 4.90 Å². The third-order valence-electron chi connectivity index (χ3n) is 8.35. The van der Waals surface area contributed by atoms with Crippen molar-refractivity contribution in [2.45, 2.75) is 6.92 Å². The summed E-state index contributed by atoms with van der Waals surface area (Å²) in [5.41, 5.74) is 11.1. The molecule has 0 unspecified atom stereocenters. The van der Waals surface area contributed by atoms with E-state index in [9.17, 15) is 0 Å². The largest absolute Gasteiger partial charge is 0.455 e. The minimum absolute atomic E-state index is 0.918. The van der Waals surface area contributed by atoms with E-state index in [1.807, 2.05) is 0 Å². The molecule has 0 fully saturated rings. The van der Waals surface area contributed by atoms with Gasteiger partial charge in [0.2, 0.25) is 0 Å². The van der Waals surface area contributed by atoms with Crippen LogP contribution in [0, 0.1) is 6.92 Å². The highest BCUT2D eigenvalue weighted by molar-refractivity contribution is 6.20. The topological polar surface area (TPSA) is 16.4 Å². The first-order valence-electron chi connectivity index (χ1n) is 14.7. The third kappa shape index (κ3) is 4.36. The van der Waals surface area contributed by atoms with Crippen LogP contribution in [0.1, 0.15) is 5.56 Å². The van der Waals surface area contributed by atoms with Crippen LogP contribution in [0.5, 0.6) is 0 Å². The average molecular weight is 552 g/mol. The minimum atomic E-state index is 0.918. The molecule has 0 spiro atoms. The van der Waals surface area contributed by atoms with Crippen molar-refractivity contribution in [1.82, 2.24) is 0 Å². The molecule has 1 heterocycles. The fraction of sp³-hybridized carbons (Fsp3) is 0.0244. The molecule has 7 aromatic carbocycles. The molecule has 8 aromatic rings. The zero-order valence-corrected chi connectivity index (χ0v) is 23.9. The number of benzene rings is 7. The Bertz CT molecular complexity index is 2160. The lowest BCUT2D eigenvalue weighted by atomic mass is 9.99. The van der Waals surface area contributed by atoms with Crippen LogP contribution in [0.15, 0.2) is 162 Å². The van der Waals surface area contributed by atoms with Gasteiger partial charge in [0.25, 0.3) is 0 Å². The molecule has 0 saturated carbocycles. The summed E-state index contributed by atoms with van der Waals surface area (Å²) in [4.78, 5) is 2.40. The molecule has 2 nitrogen and oxygen atoms in total. The summed E-state index contributed by atoms with van der Waals surface area (Å²) in [6.07, 6.45) is 0. The summed E-state index contributed by atoms with van der Waals surface area (Å²) in [6, 6.07) is 56.1. The number of nitrogens with zero attached hydrogens (tertiary/aromatic N) is 1. The Labute approximate surface area is 251 Å². The number of aryl methyl sites for hydroxylation is 1. The quantitative estimate of drug-likeness (QED) is 0.211. The van der Waals surface area contributed by atoms with E-state index in [2.05, 4.69) is 170 Å². The van der Waals surface area contributed by atoms with Crippen LogP contribution in [0.3, 0.4) is 0 Å². The Hall–Kier alpha value is -5.60. The van der Waals surface area contributed by atoms with E-state index >= 15 is 0 Å². The maximum absolute atomic E-state index is 6.53. The van der Waals surface area contributed by atoms with Gasteiger partial charge < -0.3 is 9.32 Å². The second kappa shape index (κ2) is 10.3. The van der Waals surface area contributed by atoms with E-state index in [0.717, 1.165) is 44.4 Å². The summed E-state index contributed by atoms with van der Waals surface area (Å²) in [6.45, 7) is 2.16. The lowest BCUT2D eigenvalue weighted by Gasteiger charge is -2.28. The van der Waals surface area contributed by atoms with Crippen LogP contribution in [-0.2, 0) is 0 Å². The fourth-order valence-electron chi connectivity index (χ4n) is 6.33. The highest BCUT2D eigenvalue weighted by Crippen LogP contribution is 2.46. The average Bonchev–Trinajstić information content (AvgIpc) is 3.46. The molecule has 8 rings (SSSR count).